The fourth-order valence-corrected chi connectivity index (χ4v) is 2.67. The molecule has 0 fully saturated rings. The van der Waals surface area contributed by atoms with Gasteiger partial charge in [0.2, 0.25) is 0 Å². The van der Waals surface area contributed by atoms with E-state index in [0.29, 0.717) is 6.54 Å². The van der Waals surface area contributed by atoms with Gasteiger partial charge in [0.05, 0.1) is 17.3 Å². The molecular weight excluding hydrogens is 294 g/mol. The Labute approximate surface area is 115 Å². The summed E-state index contributed by atoms with van der Waals surface area (Å²) in [6, 6.07) is 4.13. The fourth-order valence-electron chi connectivity index (χ4n) is 2.10. The number of hydrogen-bond acceptors (Lipinski definition) is 3. The number of methoxy groups -OCH3 is 1. The van der Waals surface area contributed by atoms with E-state index < -0.39 is 0 Å². The summed E-state index contributed by atoms with van der Waals surface area (Å²) in [5.74, 6) is 0.921. The van der Waals surface area contributed by atoms with Crippen molar-refractivity contribution in [3.8, 4) is 17.0 Å². The van der Waals surface area contributed by atoms with Gasteiger partial charge in [0.15, 0.2) is 0 Å². The molecule has 3 N–H and O–H groups in total. The maximum absolute atomic E-state index is 5.63. The van der Waals surface area contributed by atoms with Crippen LogP contribution in [0.1, 0.15) is 16.8 Å². The van der Waals surface area contributed by atoms with Crippen LogP contribution in [0.2, 0.25) is 0 Å². The van der Waals surface area contributed by atoms with Crippen molar-refractivity contribution in [2.24, 2.45) is 5.73 Å². The second kappa shape index (κ2) is 5.12. The van der Waals surface area contributed by atoms with E-state index in [1.54, 1.807) is 7.11 Å². The van der Waals surface area contributed by atoms with Crippen LogP contribution in [0.3, 0.4) is 0 Å². The van der Waals surface area contributed by atoms with Gasteiger partial charge in [-0.2, -0.15) is 5.10 Å². The minimum absolute atomic E-state index is 0.432. The first-order chi connectivity index (χ1) is 8.58. The lowest BCUT2D eigenvalue weighted by atomic mass is 10.0. The third-order valence-corrected chi connectivity index (χ3v) is 3.77. The smallest absolute Gasteiger partial charge is 0.124 e. The SMILES string of the molecule is COc1c(C)cc(-c2n[nH]c(CN)c2Br)cc1C. The Morgan fingerprint density at radius 1 is 1.33 bits per heavy atom. The van der Waals surface area contributed by atoms with Crippen molar-refractivity contribution in [1.82, 2.24) is 10.2 Å². The average Bonchev–Trinajstić information content (AvgIpc) is 2.70. The van der Waals surface area contributed by atoms with Crippen molar-refractivity contribution in [3.05, 3.63) is 33.4 Å². The average molecular weight is 310 g/mol. The van der Waals surface area contributed by atoms with Crippen molar-refractivity contribution in [2.75, 3.05) is 7.11 Å². The van der Waals surface area contributed by atoms with Gasteiger partial charge in [-0.25, -0.2) is 0 Å². The number of aryl methyl sites for hydroxylation is 2. The summed E-state index contributed by atoms with van der Waals surface area (Å²) in [5, 5.41) is 7.24. The summed E-state index contributed by atoms with van der Waals surface area (Å²) in [4.78, 5) is 0. The molecule has 0 saturated carbocycles. The van der Waals surface area contributed by atoms with E-state index >= 15 is 0 Å². The second-order valence-corrected chi connectivity index (χ2v) is 5.01. The molecule has 0 atom stereocenters. The molecule has 0 aliphatic heterocycles. The van der Waals surface area contributed by atoms with Crippen molar-refractivity contribution >= 4 is 15.9 Å². The second-order valence-electron chi connectivity index (χ2n) is 4.21. The zero-order valence-electron chi connectivity index (χ0n) is 10.7. The minimum atomic E-state index is 0.432. The van der Waals surface area contributed by atoms with Gasteiger partial charge in [-0.05, 0) is 53.0 Å². The van der Waals surface area contributed by atoms with Crippen molar-refractivity contribution in [2.45, 2.75) is 20.4 Å². The molecule has 4 nitrogen and oxygen atoms in total. The van der Waals surface area contributed by atoms with Crippen LogP contribution < -0.4 is 10.5 Å². The van der Waals surface area contributed by atoms with E-state index in [4.69, 9.17) is 10.5 Å². The first-order valence-corrected chi connectivity index (χ1v) is 6.46. The summed E-state index contributed by atoms with van der Waals surface area (Å²) < 4.78 is 6.29. The number of nitrogens with zero attached hydrogens (tertiary/aromatic N) is 1. The molecule has 5 heteroatoms. The first kappa shape index (κ1) is 13.1. The topological polar surface area (TPSA) is 63.9 Å². The predicted molar refractivity (Wildman–Crippen MR) is 75.6 cm³/mol. The van der Waals surface area contributed by atoms with Crippen LogP contribution in [0, 0.1) is 13.8 Å². The lowest BCUT2D eigenvalue weighted by Gasteiger charge is -2.10. The molecule has 2 aromatic rings. The zero-order valence-corrected chi connectivity index (χ0v) is 12.3. The van der Waals surface area contributed by atoms with Crippen LogP contribution in [0.15, 0.2) is 16.6 Å². The number of benzene rings is 1. The van der Waals surface area contributed by atoms with Gasteiger partial charge in [0, 0.05) is 12.1 Å². The molecule has 0 bridgehead atoms. The highest BCUT2D eigenvalue weighted by Gasteiger charge is 2.14. The van der Waals surface area contributed by atoms with E-state index in [1.165, 1.54) is 0 Å². The van der Waals surface area contributed by atoms with E-state index in [9.17, 15) is 0 Å². The Hall–Kier alpha value is -1.33. The summed E-state index contributed by atoms with van der Waals surface area (Å²) in [7, 11) is 1.69. The van der Waals surface area contributed by atoms with Gasteiger partial charge < -0.3 is 10.5 Å². The van der Waals surface area contributed by atoms with Crippen LogP contribution >= 0.6 is 15.9 Å². The largest absolute Gasteiger partial charge is 0.496 e. The number of nitrogens with two attached hydrogens (primary N) is 1. The van der Waals surface area contributed by atoms with Crippen molar-refractivity contribution in [1.29, 1.82) is 0 Å². The Bertz CT molecular complexity index is 555. The summed E-state index contributed by atoms with van der Waals surface area (Å²) in [6.07, 6.45) is 0. The normalized spacial score (nSPS) is 10.7. The number of hydrogen-bond donors (Lipinski definition) is 2. The van der Waals surface area contributed by atoms with Crippen LogP contribution in [0.4, 0.5) is 0 Å². The Balaban J connectivity index is 2.54. The third-order valence-electron chi connectivity index (χ3n) is 2.92. The number of nitrogens with one attached hydrogen (secondary N) is 1. The highest BCUT2D eigenvalue weighted by atomic mass is 79.9. The molecule has 0 amide bonds. The molecule has 0 aliphatic carbocycles. The van der Waals surface area contributed by atoms with Crippen molar-refractivity contribution in [3.63, 3.8) is 0 Å². The quantitative estimate of drug-likeness (QED) is 0.916. The number of rotatable bonds is 3. The van der Waals surface area contributed by atoms with Gasteiger partial charge in [-0.3, -0.25) is 5.10 Å². The van der Waals surface area contributed by atoms with Gasteiger partial charge in [0.1, 0.15) is 11.4 Å². The van der Waals surface area contributed by atoms with Crippen molar-refractivity contribution < 1.29 is 4.74 Å². The maximum atomic E-state index is 5.63. The number of H-pyrrole nitrogens is 1. The molecule has 96 valence electrons. The summed E-state index contributed by atoms with van der Waals surface area (Å²) in [5.41, 5.74) is 10.6. The van der Waals surface area contributed by atoms with Crippen LogP contribution in [-0.4, -0.2) is 17.3 Å². The molecule has 0 saturated heterocycles. The molecule has 1 aromatic carbocycles. The Kier molecular flexibility index (Phi) is 3.73. The van der Waals surface area contributed by atoms with Gasteiger partial charge in [-0.15, -0.1) is 0 Å². The van der Waals surface area contributed by atoms with Gasteiger partial charge in [-0.1, -0.05) is 0 Å². The van der Waals surface area contributed by atoms with E-state index in [-0.39, 0.29) is 0 Å². The number of aromatic amines is 1. The van der Waals surface area contributed by atoms with E-state index in [1.807, 2.05) is 13.8 Å². The molecule has 18 heavy (non-hydrogen) atoms. The number of aromatic nitrogens is 2. The number of ether oxygens (including phenoxy) is 1. The highest BCUT2D eigenvalue weighted by Crippen LogP contribution is 2.33. The molecule has 1 heterocycles. The molecule has 2 rings (SSSR count). The van der Waals surface area contributed by atoms with Crippen LogP contribution in [0.25, 0.3) is 11.3 Å². The minimum Gasteiger partial charge on any atom is -0.496 e. The lowest BCUT2D eigenvalue weighted by Crippen LogP contribution is -1.96. The van der Waals surface area contributed by atoms with Crippen LogP contribution in [-0.2, 0) is 6.54 Å². The monoisotopic (exact) mass is 309 g/mol. The molecule has 0 aliphatic rings. The predicted octanol–water partition coefficient (Wildman–Crippen LogP) is 2.92. The third kappa shape index (κ3) is 2.15. The molecule has 1 aromatic heterocycles. The van der Waals surface area contributed by atoms with Gasteiger partial charge >= 0.3 is 0 Å². The van der Waals surface area contributed by atoms with Crippen LogP contribution in [0.5, 0.6) is 5.75 Å². The fraction of sp³-hybridized carbons (Fsp3) is 0.308. The lowest BCUT2D eigenvalue weighted by molar-refractivity contribution is 0.408. The Morgan fingerprint density at radius 2 is 1.94 bits per heavy atom. The Morgan fingerprint density at radius 3 is 2.39 bits per heavy atom. The molecule has 0 unspecified atom stereocenters. The summed E-state index contributed by atoms with van der Waals surface area (Å²) >= 11 is 3.53. The standard InChI is InChI=1S/C13H16BrN3O/c1-7-4-9(5-8(2)13(7)18-3)12-11(14)10(6-15)16-17-12/h4-5H,6,15H2,1-3H3,(H,16,17). The summed E-state index contributed by atoms with van der Waals surface area (Å²) in [6.45, 7) is 4.49. The first-order valence-electron chi connectivity index (χ1n) is 5.67. The molecular formula is C13H16BrN3O. The molecule has 0 radical (unpaired) electrons. The molecule has 0 spiro atoms. The number of halogens is 1. The highest BCUT2D eigenvalue weighted by molar-refractivity contribution is 9.10. The van der Waals surface area contributed by atoms with E-state index in [0.717, 1.165) is 38.3 Å². The van der Waals surface area contributed by atoms with E-state index in [2.05, 4.69) is 38.3 Å². The maximum Gasteiger partial charge on any atom is 0.124 e. The zero-order chi connectivity index (χ0) is 13.3. The van der Waals surface area contributed by atoms with Gasteiger partial charge in [0.25, 0.3) is 0 Å².